The third kappa shape index (κ3) is 5.25. The number of pyridine rings is 1. The van der Waals surface area contributed by atoms with E-state index in [4.69, 9.17) is 4.74 Å². The molecule has 0 unspecified atom stereocenters. The topological polar surface area (TPSA) is 45.7 Å². The molecule has 2 aliphatic rings. The van der Waals surface area contributed by atoms with Crippen LogP contribution in [-0.2, 0) is 17.3 Å². The van der Waals surface area contributed by atoms with Crippen LogP contribution < -0.4 is 0 Å². The Morgan fingerprint density at radius 2 is 1.81 bits per heavy atom. The van der Waals surface area contributed by atoms with Crippen LogP contribution in [-0.4, -0.2) is 65.6 Å². The van der Waals surface area contributed by atoms with Gasteiger partial charge in [0, 0.05) is 37.9 Å². The molecule has 166 valence electrons. The van der Waals surface area contributed by atoms with E-state index in [0.29, 0.717) is 31.7 Å². The monoisotopic (exact) mass is 433 g/mol. The number of nitrogens with zero attached hydrogens (tertiary/aromatic N) is 3. The Kier molecular flexibility index (Phi) is 6.29. The zero-order valence-corrected chi connectivity index (χ0v) is 17.3. The summed E-state index contributed by atoms with van der Waals surface area (Å²) in [7, 11) is 0. The number of carbonyl (C=O) groups excluding carboxylic acids is 1. The number of aromatic nitrogens is 1. The molecule has 3 heterocycles. The second-order valence-corrected chi connectivity index (χ2v) is 8.27. The Morgan fingerprint density at radius 3 is 2.45 bits per heavy atom. The van der Waals surface area contributed by atoms with Crippen LogP contribution in [0.4, 0.5) is 13.2 Å². The maximum Gasteiger partial charge on any atom is 0.433 e. The van der Waals surface area contributed by atoms with Crippen molar-refractivity contribution in [2.45, 2.75) is 31.0 Å². The number of rotatable bonds is 4. The summed E-state index contributed by atoms with van der Waals surface area (Å²) in [4.78, 5) is 20.5. The predicted octanol–water partition coefficient (Wildman–Crippen LogP) is 3.65. The number of amides is 1. The lowest BCUT2D eigenvalue weighted by Crippen LogP contribution is -2.58. The van der Waals surface area contributed by atoms with E-state index < -0.39 is 11.9 Å². The largest absolute Gasteiger partial charge is 0.433 e. The lowest BCUT2D eigenvalue weighted by atomic mass is 9.89. The average molecular weight is 433 g/mol. The SMILES string of the molecule is O=C(c1ccccc1)N1CCOC2(CCN(CCc3ccc(C(F)(F)F)nc3)CC2)C1. The second-order valence-electron chi connectivity index (χ2n) is 8.27. The average Bonchev–Trinajstić information content (AvgIpc) is 2.79. The van der Waals surface area contributed by atoms with Gasteiger partial charge in [0.05, 0.1) is 18.8 Å². The second kappa shape index (κ2) is 8.96. The van der Waals surface area contributed by atoms with Crippen LogP contribution in [0.5, 0.6) is 0 Å². The molecule has 1 aromatic carbocycles. The highest BCUT2D eigenvalue weighted by Crippen LogP contribution is 2.31. The molecule has 2 aromatic rings. The molecule has 31 heavy (non-hydrogen) atoms. The predicted molar refractivity (Wildman–Crippen MR) is 110 cm³/mol. The number of morpholine rings is 1. The molecule has 1 aromatic heterocycles. The van der Waals surface area contributed by atoms with Crippen LogP contribution >= 0.6 is 0 Å². The van der Waals surface area contributed by atoms with Crippen LogP contribution in [0.3, 0.4) is 0 Å². The zero-order chi connectivity index (χ0) is 21.9. The first-order valence-corrected chi connectivity index (χ1v) is 10.6. The molecule has 0 N–H and O–H groups in total. The molecule has 0 bridgehead atoms. The third-order valence-corrected chi connectivity index (χ3v) is 6.16. The molecule has 1 amide bonds. The Hall–Kier alpha value is -2.45. The summed E-state index contributed by atoms with van der Waals surface area (Å²) in [6, 6.07) is 11.8. The molecule has 1 spiro atoms. The molecular weight excluding hydrogens is 407 g/mol. The number of ether oxygens (including phenoxy) is 1. The lowest BCUT2D eigenvalue weighted by Gasteiger charge is -2.47. The van der Waals surface area contributed by atoms with Crippen molar-refractivity contribution in [3.8, 4) is 0 Å². The molecule has 8 heteroatoms. The van der Waals surface area contributed by atoms with Gasteiger partial charge in [0.1, 0.15) is 5.69 Å². The van der Waals surface area contributed by atoms with E-state index in [9.17, 15) is 18.0 Å². The lowest BCUT2D eigenvalue weighted by molar-refractivity contribution is -0.141. The highest BCUT2D eigenvalue weighted by atomic mass is 19.4. The standard InChI is InChI=1S/C23H26F3N3O2/c24-23(25,26)20-7-6-18(16-27-20)8-11-28-12-9-22(10-13-28)17-29(14-15-31-22)21(30)19-4-2-1-3-5-19/h1-7,16H,8-15,17H2. The van der Waals surface area contributed by atoms with Crippen LogP contribution in [0.15, 0.2) is 48.7 Å². The van der Waals surface area contributed by atoms with Gasteiger partial charge in [-0.25, -0.2) is 0 Å². The summed E-state index contributed by atoms with van der Waals surface area (Å²) in [5, 5.41) is 0. The zero-order valence-electron chi connectivity index (χ0n) is 17.3. The number of benzene rings is 1. The summed E-state index contributed by atoms with van der Waals surface area (Å²) >= 11 is 0. The van der Waals surface area contributed by atoms with Crippen molar-refractivity contribution in [2.75, 3.05) is 39.3 Å². The number of piperidine rings is 1. The fraction of sp³-hybridized carbons (Fsp3) is 0.478. The van der Waals surface area contributed by atoms with Crippen molar-refractivity contribution < 1.29 is 22.7 Å². The number of halogens is 3. The number of alkyl halides is 3. The number of likely N-dealkylation sites (tertiary alicyclic amines) is 1. The third-order valence-electron chi connectivity index (χ3n) is 6.16. The minimum Gasteiger partial charge on any atom is -0.371 e. The van der Waals surface area contributed by atoms with Crippen molar-refractivity contribution in [1.29, 1.82) is 0 Å². The van der Waals surface area contributed by atoms with Gasteiger partial charge in [0.2, 0.25) is 0 Å². The van der Waals surface area contributed by atoms with Crippen LogP contribution in [0, 0.1) is 0 Å². The molecule has 4 rings (SSSR count). The molecule has 2 saturated heterocycles. The molecule has 2 aliphatic heterocycles. The summed E-state index contributed by atoms with van der Waals surface area (Å²) in [6.07, 6.45) is -0.785. The molecule has 2 fully saturated rings. The maximum atomic E-state index is 12.8. The first-order chi connectivity index (χ1) is 14.8. The van der Waals surface area contributed by atoms with Crippen LogP contribution in [0.2, 0.25) is 0 Å². The first kappa shape index (κ1) is 21.8. The first-order valence-electron chi connectivity index (χ1n) is 10.6. The summed E-state index contributed by atoms with van der Waals surface area (Å²) < 4.78 is 44.1. The van der Waals surface area contributed by atoms with Gasteiger partial charge in [-0.15, -0.1) is 0 Å². The molecule has 0 aliphatic carbocycles. The number of carbonyl (C=O) groups is 1. The number of hydrogen-bond acceptors (Lipinski definition) is 4. The van der Waals surface area contributed by atoms with Crippen molar-refractivity contribution in [3.05, 3.63) is 65.5 Å². The Labute approximate surface area is 179 Å². The van der Waals surface area contributed by atoms with E-state index in [1.54, 1.807) is 0 Å². The fourth-order valence-corrected chi connectivity index (χ4v) is 4.30. The smallest absolute Gasteiger partial charge is 0.371 e. The Morgan fingerprint density at radius 1 is 1.06 bits per heavy atom. The molecule has 0 saturated carbocycles. The van der Waals surface area contributed by atoms with E-state index in [1.165, 1.54) is 12.3 Å². The summed E-state index contributed by atoms with van der Waals surface area (Å²) in [5.41, 5.74) is 0.318. The van der Waals surface area contributed by atoms with Gasteiger partial charge in [-0.1, -0.05) is 24.3 Å². The van der Waals surface area contributed by atoms with Gasteiger partial charge < -0.3 is 14.5 Å². The number of hydrogen-bond donors (Lipinski definition) is 0. The van der Waals surface area contributed by atoms with Crippen molar-refractivity contribution in [3.63, 3.8) is 0 Å². The van der Waals surface area contributed by atoms with Gasteiger partial charge in [-0.2, -0.15) is 13.2 Å². The van der Waals surface area contributed by atoms with Crippen molar-refractivity contribution in [2.24, 2.45) is 0 Å². The normalized spacial score (nSPS) is 19.5. The Bertz CT molecular complexity index is 879. The van der Waals surface area contributed by atoms with E-state index >= 15 is 0 Å². The van der Waals surface area contributed by atoms with Crippen molar-refractivity contribution >= 4 is 5.91 Å². The van der Waals surface area contributed by atoms with Crippen LogP contribution in [0.1, 0.15) is 34.5 Å². The highest BCUT2D eigenvalue weighted by Gasteiger charge is 2.41. The van der Waals surface area contributed by atoms with Crippen LogP contribution in [0.25, 0.3) is 0 Å². The minimum absolute atomic E-state index is 0.0421. The fourth-order valence-electron chi connectivity index (χ4n) is 4.30. The van der Waals surface area contributed by atoms with Gasteiger partial charge in [0.25, 0.3) is 5.91 Å². The molecule has 0 radical (unpaired) electrons. The quantitative estimate of drug-likeness (QED) is 0.739. The highest BCUT2D eigenvalue weighted by molar-refractivity contribution is 5.94. The maximum absolute atomic E-state index is 12.8. The summed E-state index contributed by atoms with van der Waals surface area (Å²) in [6.45, 7) is 4.16. The van der Waals surface area contributed by atoms with Gasteiger partial charge >= 0.3 is 6.18 Å². The minimum atomic E-state index is -4.41. The summed E-state index contributed by atoms with van der Waals surface area (Å²) in [5.74, 6) is 0.0421. The van der Waals surface area contributed by atoms with E-state index in [1.807, 2.05) is 35.2 Å². The van der Waals surface area contributed by atoms with E-state index in [0.717, 1.165) is 44.1 Å². The van der Waals surface area contributed by atoms with Gasteiger partial charge in [-0.05, 0) is 43.0 Å². The van der Waals surface area contributed by atoms with Gasteiger partial charge in [-0.3, -0.25) is 9.78 Å². The van der Waals surface area contributed by atoms with E-state index in [-0.39, 0.29) is 11.5 Å². The molecular formula is C23H26F3N3O2. The van der Waals surface area contributed by atoms with Gasteiger partial charge in [0.15, 0.2) is 0 Å². The Balaban J connectivity index is 1.28. The molecule has 0 atom stereocenters. The van der Waals surface area contributed by atoms with E-state index in [2.05, 4.69) is 9.88 Å². The van der Waals surface area contributed by atoms with Crippen molar-refractivity contribution in [1.82, 2.24) is 14.8 Å². The molecule has 5 nitrogen and oxygen atoms in total.